The van der Waals surface area contributed by atoms with Crippen LogP contribution in [0.1, 0.15) is 44.9 Å². The predicted molar refractivity (Wildman–Crippen MR) is 118 cm³/mol. The lowest BCUT2D eigenvalue weighted by molar-refractivity contribution is -0.139. The number of amides is 1. The first-order chi connectivity index (χ1) is 14.9. The van der Waals surface area contributed by atoms with Gasteiger partial charge in [0.15, 0.2) is 11.5 Å². The molecular weight excluding hydrogens is 416 g/mol. The number of likely N-dealkylation sites (tertiary alicyclic amines) is 1. The van der Waals surface area contributed by atoms with Crippen molar-refractivity contribution in [1.29, 1.82) is 0 Å². The van der Waals surface area contributed by atoms with Crippen molar-refractivity contribution in [3.05, 3.63) is 18.2 Å². The second-order valence-electron chi connectivity index (χ2n) is 9.07. The summed E-state index contributed by atoms with van der Waals surface area (Å²) in [4.78, 5) is 15.4. The molecule has 4 rings (SSSR count). The van der Waals surface area contributed by atoms with Gasteiger partial charge in [-0.2, -0.15) is 4.31 Å². The molecule has 0 N–H and O–H groups in total. The van der Waals surface area contributed by atoms with E-state index < -0.39 is 10.0 Å². The number of sulfonamides is 1. The molecule has 0 bridgehead atoms. The summed E-state index contributed by atoms with van der Waals surface area (Å²) in [7, 11) is -0.631. The SMILES string of the molecule is COc1ccc(S(=O)(=O)N2CCC(C(=O)N3CC[C@H]4CCCC[C@@H]4C3)CC2)cc1OC. The molecule has 3 fully saturated rings. The summed E-state index contributed by atoms with van der Waals surface area (Å²) >= 11 is 0. The van der Waals surface area contributed by atoms with E-state index in [9.17, 15) is 13.2 Å². The van der Waals surface area contributed by atoms with Gasteiger partial charge in [-0.15, -0.1) is 0 Å². The zero-order valence-electron chi connectivity index (χ0n) is 18.6. The molecule has 0 radical (unpaired) electrons. The zero-order chi connectivity index (χ0) is 22.0. The standard InChI is InChI=1S/C23H34N2O5S/c1-29-21-8-7-20(15-22(21)30-2)31(27,28)25-13-10-18(11-14-25)23(26)24-12-9-17-5-3-4-6-19(17)16-24/h7-8,15,17-19H,3-6,9-14,16H2,1-2H3/t17-,19-/m1/s1. The van der Waals surface area contributed by atoms with Crippen LogP contribution < -0.4 is 9.47 Å². The lowest BCUT2D eigenvalue weighted by atomic mass is 9.75. The average molecular weight is 451 g/mol. The van der Waals surface area contributed by atoms with E-state index in [0.717, 1.165) is 25.4 Å². The fraction of sp³-hybridized carbons (Fsp3) is 0.696. The van der Waals surface area contributed by atoms with Crippen LogP contribution in [0.5, 0.6) is 11.5 Å². The molecule has 172 valence electrons. The number of fused-ring (bicyclic) bond motifs is 1. The molecule has 2 heterocycles. The van der Waals surface area contributed by atoms with Crippen molar-refractivity contribution in [1.82, 2.24) is 9.21 Å². The minimum absolute atomic E-state index is 0.0722. The Bertz CT molecular complexity index is 895. The summed E-state index contributed by atoms with van der Waals surface area (Å²) in [5.74, 6) is 2.50. The molecule has 1 aromatic carbocycles. The molecule has 8 heteroatoms. The number of hydrogen-bond acceptors (Lipinski definition) is 5. The van der Waals surface area contributed by atoms with Gasteiger partial charge in [0.25, 0.3) is 0 Å². The van der Waals surface area contributed by atoms with Gasteiger partial charge >= 0.3 is 0 Å². The molecule has 1 saturated carbocycles. The highest BCUT2D eigenvalue weighted by Crippen LogP contribution is 2.37. The molecule has 2 atom stereocenters. The molecule has 0 aromatic heterocycles. The second-order valence-corrected chi connectivity index (χ2v) is 11.0. The molecule has 1 aliphatic carbocycles. The fourth-order valence-corrected chi connectivity index (χ4v) is 7.01. The van der Waals surface area contributed by atoms with Gasteiger partial charge in [0.1, 0.15) is 0 Å². The minimum atomic E-state index is -3.64. The van der Waals surface area contributed by atoms with Crippen LogP contribution in [0.2, 0.25) is 0 Å². The monoisotopic (exact) mass is 450 g/mol. The molecule has 0 spiro atoms. The van der Waals surface area contributed by atoms with Crippen LogP contribution in [0.25, 0.3) is 0 Å². The zero-order valence-corrected chi connectivity index (χ0v) is 19.4. The first-order valence-corrected chi connectivity index (χ1v) is 12.9. The Morgan fingerprint density at radius 1 is 0.903 bits per heavy atom. The number of piperidine rings is 2. The second kappa shape index (κ2) is 9.36. The molecule has 1 amide bonds. The quantitative estimate of drug-likeness (QED) is 0.689. The van der Waals surface area contributed by atoms with Gasteiger partial charge in [0.2, 0.25) is 15.9 Å². The smallest absolute Gasteiger partial charge is 0.243 e. The van der Waals surface area contributed by atoms with Crippen LogP contribution >= 0.6 is 0 Å². The third kappa shape index (κ3) is 4.55. The number of rotatable bonds is 5. The highest BCUT2D eigenvalue weighted by molar-refractivity contribution is 7.89. The largest absolute Gasteiger partial charge is 0.493 e. The molecule has 2 saturated heterocycles. The van der Waals surface area contributed by atoms with Crippen LogP contribution in [0, 0.1) is 17.8 Å². The minimum Gasteiger partial charge on any atom is -0.493 e. The number of ether oxygens (including phenoxy) is 2. The van der Waals surface area contributed by atoms with Gasteiger partial charge in [0.05, 0.1) is 19.1 Å². The number of benzene rings is 1. The maximum Gasteiger partial charge on any atom is 0.243 e. The third-order valence-corrected chi connectivity index (χ3v) is 9.29. The van der Waals surface area contributed by atoms with Gasteiger partial charge in [-0.1, -0.05) is 19.3 Å². The summed E-state index contributed by atoms with van der Waals surface area (Å²) in [6.07, 6.45) is 7.47. The Hall–Kier alpha value is -1.80. The Morgan fingerprint density at radius 2 is 1.58 bits per heavy atom. The fourth-order valence-electron chi connectivity index (χ4n) is 5.53. The summed E-state index contributed by atoms with van der Waals surface area (Å²) in [6, 6.07) is 4.65. The van der Waals surface area contributed by atoms with E-state index >= 15 is 0 Å². The Morgan fingerprint density at radius 3 is 2.26 bits per heavy atom. The molecule has 1 aromatic rings. The number of nitrogens with zero attached hydrogens (tertiary/aromatic N) is 2. The Kier molecular flexibility index (Phi) is 6.77. The number of methoxy groups -OCH3 is 2. The summed E-state index contributed by atoms with van der Waals surface area (Å²) < 4.78 is 38.2. The third-order valence-electron chi connectivity index (χ3n) is 7.40. The van der Waals surface area contributed by atoms with Gasteiger partial charge < -0.3 is 14.4 Å². The summed E-state index contributed by atoms with van der Waals surface area (Å²) in [5, 5.41) is 0. The molecular formula is C23H34N2O5S. The normalized spacial score (nSPS) is 25.7. The van der Waals surface area contributed by atoms with Crippen molar-refractivity contribution in [3.8, 4) is 11.5 Å². The summed E-state index contributed by atoms with van der Waals surface area (Å²) in [6.45, 7) is 2.50. The van der Waals surface area contributed by atoms with Crippen molar-refractivity contribution in [2.45, 2.75) is 49.8 Å². The highest BCUT2D eigenvalue weighted by atomic mass is 32.2. The highest BCUT2D eigenvalue weighted by Gasteiger charge is 2.38. The van der Waals surface area contributed by atoms with Crippen molar-refractivity contribution < 1.29 is 22.7 Å². The van der Waals surface area contributed by atoms with Gasteiger partial charge in [0, 0.05) is 38.2 Å². The maximum atomic E-state index is 13.1. The average Bonchev–Trinajstić information content (AvgIpc) is 2.82. The van der Waals surface area contributed by atoms with Gasteiger partial charge in [-0.05, 0) is 49.7 Å². The number of carbonyl (C=O) groups is 1. The molecule has 0 unspecified atom stereocenters. The first-order valence-electron chi connectivity index (χ1n) is 11.4. The lowest BCUT2D eigenvalue weighted by Crippen LogP contribution is -2.49. The number of hydrogen-bond donors (Lipinski definition) is 0. The molecule has 31 heavy (non-hydrogen) atoms. The van der Waals surface area contributed by atoms with E-state index in [2.05, 4.69) is 4.90 Å². The van der Waals surface area contributed by atoms with Crippen molar-refractivity contribution in [2.24, 2.45) is 17.8 Å². The topological polar surface area (TPSA) is 76.2 Å². The van der Waals surface area contributed by atoms with Crippen LogP contribution in [-0.2, 0) is 14.8 Å². The van der Waals surface area contributed by atoms with Crippen LogP contribution in [0.4, 0.5) is 0 Å². The first kappa shape index (κ1) is 22.4. The van der Waals surface area contributed by atoms with E-state index in [-0.39, 0.29) is 16.7 Å². The van der Waals surface area contributed by atoms with E-state index in [1.165, 1.54) is 50.3 Å². The van der Waals surface area contributed by atoms with Crippen LogP contribution in [0.15, 0.2) is 23.1 Å². The molecule has 7 nitrogen and oxygen atoms in total. The van der Waals surface area contributed by atoms with Crippen molar-refractivity contribution >= 4 is 15.9 Å². The van der Waals surface area contributed by atoms with Crippen LogP contribution in [0.3, 0.4) is 0 Å². The van der Waals surface area contributed by atoms with Crippen molar-refractivity contribution in [2.75, 3.05) is 40.4 Å². The lowest BCUT2D eigenvalue weighted by Gasteiger charge is -2.43. The Labute approximate surface area is 185 Å². The van der Waals surface area contributed by atoms with Gasteiger partial charge in [-0.3, -0.25) is 4.79 Å². The van der Waals surface area contributed by atoms with E-state index in [1.807, 2.05) is 0 Å². The van der Waals surface area contributed by atoms with E-state index in [4.69, 9.17) is 9.47 Å². The van der Waals surface area contributed by atoms with E-state index in [0.29, 0.717) is 43.3 Å². The maximum absolute atomic E-state index is 13.1. The molecule has 2 aliphatic heterocycles. The predicted octanol–water partition coefficient (Wildman–Crippen LogP) is 3.14. The van der Waals surface area contributed by atoms with Gasteiger partial charge in [-0.25, -0.2) is 8.42 Å². The summed E-state index contributed by atoms with van der Waals surface area (Å²) in [5.41, 5.74) is 0. The number of carbonyl (C=O) groups excluding carboxylic acids is 1. The molecule has 3 aliphatic rings. The van der Waals surface area contributed by atoms with Crippen molar-refractivity contribution in [3.63, 3.8) is 0 Å². The van der Waals surface area contributed by atoms with E-state index in [1.54, 1.807) is 12.1 Å². The van der Waals surface area contributed by atoms with Crippen LogP contribution in [-0.4, -0.2) is 63.9 Å². The Balaban J connectivity index is 1.37.